The first kappa shape index (κ1) is 17.4. The van der Waals surface area contributed by atoms with Crippen molar-refractivity contribution in [1.29, 1.82) is 0 Å². The topological polar surface area (TPSA) is 40.5 Å². The molecule has 2 aromatic carbocycles. The fourth-order valence-corrected chi connectivity index (χ4v) is 5.01. The molecule has 1 saturated carbocycles. The second-order valence-corrected chi connectivity index (χ2v) is 8.21. The van der Waals surface area contributed by atoms with Crippen LogP contribution >= 0.6 is 0 Å². The minimum absolute atomic E-state index is 0.303. The number of rotatable bonds is 5. The number of aliphatic hydroxyl groups is 1. The van der Waals surface area contributed by atoms with Gasteiger partial charge in [0.05, 0.1) is 6.10 Å². The Morgan fingerprint density at radius 1 is 1.04 bits per heavy atom. The summed E-state index contributed by atoms with van der Waals surface area (Å²) in [5.41, 5.74) is 2.14. The highest BCUT2D eigenvalue weighted by Crippen LogP contribution is 2.46. The molecule has 0 spiro atoms. The van der Waals surface area contributed by atoms with Gasteiger partial charge in [0.25, 0.3) is 0 Å². The molecule has 3 atom stereocenters. The van der Waals surface area contributed by atoms with Gasteiger partial charge in [-0.3, -0.25) is 9.69 Å². The van der Waals surface area contributed by atoms with Crippen LogP contribution in [0.1, 0.15) is 30.4 Å². The van der Waals surface area contributed by atoms with E-state index >= 15 is 0 Å². The second-order valence-electron chi connectivity index (χ2n) is 8.21. The van der Waals surface area contributed by atoms with Gasteiger partial charge in [-0.05, 0) is 29.9 Å². The van der Waals surface area contributed by atoms with E-state index < -0.39 is 6.10 Å². The molecule has 0 aromatic heterocycles. The van der Waals surface area contributed by atoms with E-state index in [9.17, 15) is 9.90 Å². The second kappa shape index (κ2) is 7.34. The molecule has 4 rings (SSSR count). The summed E-state index contributed by atoms with van der Waals surface area (Å²) in [4.78, 5) is 14.8. The molecule has 2 bridgehead atoms. The van der Waals surface area contributed by atoms with Crippen LogP contribution in [0.3, 0.4) is 0 Å². The normalized spacial score (nSPS) is 27.3. The smallest absolute Gasteiger partial charge is 0.133 e. The largest absolute Gasteiger partial charge is 0.392 e. The molecule has 1 heterocycles. The van der Waals surface area contributed by atoms with Crippen molar-refractivity contribution >= 4 is 5.78 Å². The number of ketones is 1. The van der Waals surface area contributed by atoms with Crippen molar-refractivity contribution in [3.05, 3.63) is 71.8 Å². The van der Waals surface area contributed by atoms with Crippen molar-refractivity contribution in [3.63, 3.8) is 0 Å². The molecule has 3 nitrogen and oxygen atoms in total. The van der Waals surface area contributed by atoms with E-state index in [1.807, 2.05) is 24.3 Å². The van der Waals surface area contributed by atoms with Crippen LogP contribution in [0.2, 0.25) is 0 Å². The van der Waals surface area contributed by atoms with Crippen molar-refractivity contribution in [1.82, 2.24) is 4.90 Å². The Morgan fingerprint density at radius 2 is 1.69 bits per heavy atom. The van der Waals surface area contributed by atoms with Crippen LogP contribution in [0, 0.1) is 11.3 Å². The van der Waals surface area contributed by atoms with Crippen molar-refractivity contribution in [3.8, 4) is 0 Å². The van der Waals surface area contributed by atoms with Crippen LogP contribution in [-0.4, -0.2) is 35.0 Å². The molecular weight excluding hydrogens is 322 g/mol. The zero-order valence-corrected chi connectivity index (χ0v) is 15.2. The van der Waals surface area contributed by atoms with Crippen LogP contribution in [-0.2, 0) is 17.8 Å². The van der Waals surface area contributed by atoms with Crippen LogP contribution in [0.4, 0.5) is 0 Å². The van der Waals surface area contributed by atoms with Crippen molar-refractivity contribution in [2.75, 3.05) is 13.1 Å². The standard InChI is InChI=1S/C23H27NO2/c25-21-11-20-13-23(14-21,22(26)12-18-7-3-1-4-8-18)17-24(16-20)15-19-9-5-2-6-10-19/h1-10,20,22,26H,11-17H2. The van der Waals surface area contributed by atoms with Gasteiger partial charge in [0.2, 0.25) is 0 Å². The molecule has 0 amide bonds. The van der Waals surface area contributed by atoms with Gasteiger partial charge in [0, 0.05) is 37.9 Å². The number of carbonyl (C=O) groups is 1. The molecule has 3 heteroatoms. The number of nitrogens with zero attached hydrogens (tertiary/aromatic N) is 1. The van der Waals surface area contributed by atoms with Gasteiger partial charge in [-0.15, -0.1) is 0 Å². The van der Waals surface area contributed by atoms with Gasteiger partial charge in [0.15, 0.2) is 0 Å². The van der Waals surface area contributed by atoms with Gasteiger partial charge >= 0.3 is 0 Å². The molecular formula is C23H27NO2. The van der Waals surface area contributed by atoms with E-state index in [1.54, 1.807) is 0 Å². The van der Waals surface area contributed by atoms with Crippen molar-refractivity contribution < 1.29 is 9.90 Å². The van der Waals surface area contributed by atoms with E-state index in [4.69, 9.17) is 0 Å². The van der Waals surface area contributed by atoms with Crippen molar-refractivity contribution in [2.45, 2.75) is 38.3 Å². The van der Waals surface area contributed by atoms with Gasteiger partial charge in [0.1, 0.15) is 5.78 Å². The molecule has 1 aliphatic heterocycles. The first-order valence-electron chi connectivity index (χ1n) is 9.63. The first-order chi connectivity index (χ1) is 12.6. The van der Waals surface area contributed by atoms with Gasteiger partial charge in [-0.1, -0.05) is 60.7 Å². The van der Waals surface area contributed by atoms with Crippen molar-refractivity contribution in [2.24, 2.45) is 11.3 Å². The lowest BCUT2D eigenvalue weighted by Gasteiger charge is -2.51. The molecule has 2 fully saturated rings. The molecule has 2 aromatic rings. The quantitative estimate of drug-likeness (QED) is 0.899. The van der Waals surface area contributed by atoms with Crippen LogP contribution in [0.25, 0.3) is 0 Å². The first-order valence-corrected chi connectivity index (χ1v) is 9.63. The number of hydrogen-bond donors (Lipinski definition) is 1. The highest BCUT2D eigenvalue weighted by molar-refractivity contribution is 5.80. The summed E-state index contributed by atoms with van der Waals surface area (Å²) in [6, 6.07) is 20.6. The molecule has 1 N–H and O–H groups in total. The number of carbonyl (C=O) groups excluding carboxylic acids is 1. The lowest BCUT2D eigenvalue weighted by atomic mass is 9.62. The monoisotopic (exact) mass is 349 g/mol. The van der Waals surface area contributed by atoms with E-state index in [0.29, 0.717) is 31.0 Å². The number of hydrogen-bond acceptors (Lipinski definition) is 3. The SMILES string of the molecule is O=C1CC2CN(Cc3ccccc3)CC(C(O)Cc3ccccc3)(C1)C2. The highest BCUT2D eigenvalue weighted by atomic mass is 16.3. The fraction of sp³-hybridized carbons (Fsp3) is 0.435. The third-order valence-electron chi connectivity index (χ3n) is 6.04. The van der Waals surface area contributed by atoms with Gasteiger partial charge in [-0.2, -0.15) is 0 Å². The Hall–Kier alpha value is -1.97. The Labute approximate surface area is 155 Å². The third-order valence-corrected chi connectivity index (χ3v) is 6.04. The number of piperidine rings is 1. The maximum atomic E-state index is 12.4. The molecule has 0 radical (unpaired) electrons. The average molecular weight is 349 g/mol. The van der Waals surface area contributed by atoms with E-state index in [0.717, 1.165) is 31.6 Å². The summed E-state index contributed by atoms with van der Waals surface area (Å²) in [5.74, 6) is 0.701. The predicted molar refractivity (Wildman–Crippen MR) is 103 cm³/mol. The Morgan fingerprint density at radius 3 is 2.38 bits per heavy atom. The van der Waals surface area contributed by atoms with E-state index in [-0.39, 0.29) is 5.41 Å². The Kier molecular flexibility index (Phi) is 4.92. The summed E-state index contributed by atoms with van der Waals surface area (Å²) < 4.78 is 0. The maximum absolute atomic E-state index is 12.4. The zero-order valence-electron chi connectivity index (χ0n) is 15.2. The zero-order chi connectivity index (χ0) is 18.0. The summed E-state index contributed by atoms with van der Waals surface area (Å²) in [6.07, 6.45) is 2.31. The molecule has 26 heavy (non-hydrogen) atoms. The molecule has 1 saturated heterocycles. The number of likely N-dealkylation sites (tertiary alicyclic amines) is 1. The van der Waals surface area contributed by atoms with E-state index in [1.165, 1.54) is 5.56 Å². The predicted octanol–water partition coefficient (Wildman–Crippen LogP) is 3.46. The number of benzene rings is 2. The summed E-state index contributed by atoms with van der Waals surface area (Å²) >= 11 is 0. The summed E-state index contributed by atoms with van der Waals surface area (Å²) in [5, 5.41) is 11.2. The number of aliphatic hydroxyl groups excluding tert-OH is 1. The fourth-order valence-electron chi connectivity index (χ4n) is 5.01. The van der Waals surface area contributed by atoms with Crippen LogP contribution in [0.5, 0.6) is 0 Å². The number of fused-ring (bicyclic) bond motifs is 2. The summed E-state index contributed by atoms with van der Waals surface area (Å²) in [6.45, 7) is 2.66. The number of Topliss-reactive ketones (excluding diaryl/α,β-unsaturated/α-hetero) is 1. The average Bonchev–Trinajstić information content (AvgIpc) is 2.62. The highest BCUT2D eigenvalue weighted by Gasteiger charge is 2.49. The molecule has 2 aliphatic rings. The molecule has 1 aliphatic carbocycles. The Bertz CT molecular complexity index is 745. The van der Waals surface area contributed by atoms with Gasteiger partial charge in [-0.25, -0.2) is 0 Å². The maximum Gasteiger partial charge on any atom is 0.133 e. The van der Waals surface area contributed by atoms with E-state index in [2.05, 4.69) is 41.3 Å². The lowest BCUT2D eigenvalue weighted by Crippen LogP contribution is -2.56. The van der Waals surface area contributed by atoms with Crippen LogP contribution in [0.15, 0.2) is 60.7 Å². The summed E-state index contributed by atoms with van der Waals surface area (Å²) in [7, 11) is 0. The minimum Gasteiger partial charge on any atom is -0.392 e. The lowest BCUT2D eigenvalue weighted by molar-refractivity contribution is -0.138. The molecule has 136 valence electrons. The van der Waals surface area contributed by atoms with Crippen LogP contribution < -0.4 is 0 Å². The molecule has 3 unspecified atom stereocenters. The minimum atomic E-state index is -0.477. The van der Waals surface area contributed by atoms with Gasteiger partial charge < -0.3 is 5.11 Å². The Balaban J connectivity index is 1.54. The third kappa shape index (κ3) is 3.74.